The summed E-state index contributed by atoms with van der Waals surface area (Å²) >= 11 is 1.38. The molecule has 1 amide bonds. The average molecular weight is 307 g/mol. The van der Waals surface area contributed by atoms with Gasteiger partial charge in [-0.15, -0.1) is 11.3 Å². The quantitative estimate of drug-likeness (QED) is 0.857. The van der Waals surface area contributed by atoms with E-state index in [4.69, 9.17) is 0 Å². The molecule has 0 saturated heterocycles. The van der Waals surface area contributed by atoms with Gasteiger partial charge in [0, 0.05) is 17.0 Å². The number of nitrogens with zero attached hydrogens (tertiary/aromatic N) is 1. The molecule has 0 fully saturated rings. The molecule has 1 unspecified atom stereocenters. The standard InChI is InChI=1S/C15H18FN3OS/c1-3-8-17-10(2)13-9-21-15(18-13)19-14(20)11-4-6-12(16)7-5-11/h4-7,9-10,17H,3,8H2,1-2H3,(H,18,19,20). The molecule has 1 aromatic carbocycles. The van der Waals surface area contributed by atoms with Crippen molar-refractivity contribution in [2.75, 3.05) is 11.9 Å². The van der Waals surface area contributed by atoms with Gasteiger partial charge in [0.25, 0.3) is 5.91 Å². The Morgan fingerprint density at radius 3 is 2.76 bits per heavy atom. The molecule has 112 valence electrons. The molecule has 0 aliphatic heterocycles. The summed E-state index contributed by atoms with van der Waals surface area (Å²) in [7, 11) is 0. The number of nitrogens with one attached hydrogen (secondary N) is 2. The largest absolute Gasteiger partial charge is 0.309 e. The Labute approximate surface area is 127 Å². The van der Waals surface area contributed by atoms with Gasteiger partial charge in [0.1, 0.15) is 5.82 Å². The number of amides is 1. The second kappa shape index (κ2) is 7.28. The third-order valence-electron chi connectivity index (χ3n) is 2.99. The van der Waals surface area contributed by atoms with Gasteiger partial charge in [0.2, 0.25) is 0 Å². The molecule has 0 radical (unpaired) electrons. The van der Waals surface area contributed by atoms with E-state index in [0.29, 0.717) is 10.7 Å². The van der Waals surface area contributed by atoms with Gasteiger partial charge in [-0.05, 0) is 44.2 Å². The number of hydrogen-bond donors (Lipinski definition) is 2. The lowest BCUT2D eigenvalue weighted by molar-refractivity contribution is 0.102. The minimum Gasteiger partial charge on any atom is -0.309 e. The number of carbonyl (C=O) groups excluding carboxylic acids is 1. The topological polar surface area (TPSA) is 54.0 Å². The first-order valence-corrected chi connectivity index (χ1v) is 7.74. The van der Waals surface area contributed by atoms with Crippen LogP contribution in [0, 0.1) is 5.82 Å². The molecule has 2 aromatic rings. The van der Waals surface area contributed by atoms with Crippen LogP contribution < -0.4 is 10.6 Å². The van der Waals surface area contributed by atoms with Gasteiger partial charge in [-0.3, -0.25) is 10.1 Å². The van der Waals surface area contributed by atoms with Crippen molar-refractivity contribution in [2.24, 2.45) is 0 Å². The average Bonchev–Trinajstić information content (AvgIpc) is 2.94. The minimum atomic E-state index is -0.362. The van der Waals surface area contributed by atoms with Crippen LogP contribution in [-0.2, 0) is 0 Å². The first-order valence-electron chi connectivity index (χ1n) is 6.86. The Morgan fingerprint density at radius 2 is 2.10 bits per heavy atom. The summed E-state index contributed by atoms with van der Waals surface area (Å²) < 4.78 is 12.8. The number of rotatable bonds is 6. The van der Waals surface area contributed by atoms with Crippen molar-refractivity contribution in [1.29, 1.82) is 0 Å². The molecular weight excluding hydrogens is 289 g/mol. The van der Waals surface area contributed by atoms with Gasteiger partial charge in [0.05, 0.1) is 5.69 Å². The molecule has 0 aliphatic carbocycles. The van der Waals surface area contributed by atoms with Crippen LogP contribution >= 0.6 is 11.3 Å². The van der Waals surface area contributed by atoms with E-state index in [1.54, 1.807) is 0 Å². The first-order chi connectivity index (χ1) is 10.1. The minimum absolute atomic E-state index is 0.151. The summed E-state index contributed by atoms with van der Waals surface area (Å²) in [4.78, 5) is 16.4. The second-order valence-corrected chi connectivity index (χ2v) is 5.57. The molecule has 2 rings (SSSR count). The molecule has 0 aliphatic rings. The summed E-state index contributed by atoms with van der Waals surface area (Å²) in [5.74, 6) is -0.649. The highest BCUT2D eigenvalue weighted by atomic mass is 32.1. The molecule has 1 atom stereocenters. The molecule has 0 saturated carbocycles. The van der Waals surface area contributed by atoms with Crippen LogP contribution in [0.2, 0.25) is 0 Å². The Balaban J connectivity index is 1.98. The zero-order valence-corrected chi connectivity index (χ0v) is 12.8. The second-order valence-electron chi connectivity index (χ2n) is 4.71. The van der Waals surface area contributed by atoms with Gasteiger partial charge in [-0.1, -0.05) is 6.92 Å². The van der Waals surface area contributed by atoms with Crippen LogP contribution in [0.3, 0.4) is 0 Å². The molecule has 0 spiro atoms. The summed E-state index contributed by atoms with van der Waals surface area (Å²) in [5, 5.41) is 8.54. The van der Waals surface area contributed by atoms with Crippen molar-refractivity contribution in [2.45, 2.75) is 26.3 Å². The molecule has 0 bridgehead atoms. The van der Waals surface area contributed by atoms with Crippen LogP contribution in [0.1, 0.15) is 42.4 Å². The summed E-state index contributed by atoms with van der Waals surface area (Å²) in [5.41, 5.74) is 1.31. The van der Waals surface area contributed by atoms with E-state index in [2.05, 4.69) is 22.5 Å². The van der Waals surface area contributed by atoms with Gasteiger partial charge in [-0.25, -0.2) is 9.37 Å². The molecule has 4 nitrogen and oxygen atoms in total. The maximum absolute atomic E-state index is 12.8. The molecule has 1 aromatic heterocycles. The van der Waals surface area contributed by atoms with Crippen molar-refractivity contribution in [3.8, 4) is 0 Å². The number of anilines is 1. The van der Waals surface area contributed by atoms with Gasteiger partial charge < -0.3 is 5.32 Å². The Bertz CT molecular complexity index is 597. The lowest BCUT2D eigenvalue weighted by Gasteiger charge is -2.09. The van der Waals surface area contributed by atoms with Crippen molar-refractivity contribution in [3.05, 3.63) is 46.7 Å². The molecule has 1 heterocycles. The van der Waals surface area contributed by atoms with Crippen LogP contribution in [0.15, 0.2) is 29.6 Å². The third-order valence-corrected chi connectivity index (χ3v) is 3.77. The van der Waals surface area contributed by atoms with Crippen molar-refractivity contribution in [3.63, 3.8) is 0 Å². The fourth-order valence-corrected chi connectivity index (χ4v) is 2.58. The van der Waals surface area contributed by atoms with Crippen molar-refractivity contribution >= 4 is 22.4 Å². The number of benzene rings is 1. The highest BCUT2D eigenvalue weighted by Gasteiger charge is 2.12. The van der Waals surface area contributed by atoms with Crippen LogP contribution in [0.25, 0.3) is 0 Å². The molecule has 21 heavy (non-hydrogen) atoms. The van der Waals surface area contributed by atoms with Crippen molar-refractivity contribution < 1.29 is 9.18 Å². The number of aromatic nitrogens is 1. The zero-order valence-electron chi connectivity index (χ0n) is 12.0. The van der Waals surface area contributed by atoms with Crippen molar-refractivity contribution in [1.82, 2.24) is 10.3 Å². The van der Waals surface area contributed by atoms with E-state index in [1.807, 2.05) is 12.3 Å². The number of hydrogen-bond acceptors (Lipinski definition) is 4. The summed E-state index contributed by atoms with van der Waals surface area (Å²) in [6, 6.07) is 5.57. The zero-order chi connectivity index (χ0) is 15.2. The van der Waals surface area contributed by atoms with Crippen LogP contribution in [0.4, 0.5) is 9.52 Å². The third kappa shape index (κ3) is 4.34. The Hall–Kier alpha value is -1.79. The van der Waals surface area contributed by atoms with Crippen LogP contribution in [0.5, 0.6) is 0 Å². The monoisotopic (exact) mass is 307 g/mol. The van der Waals surface area contributed by atoms with Gasteiger partial charge in [-0.2, -0.15) is 0 Å². The van der Waals surface area contributed by atoms with E-state index in [1.165, 1.54) is 35.6 Å². The Morgan fingerprint density at radius 1 is 1.38 bits per heavy atom. The molecular formula is C15H18FN3OS. The Kier molecular flexibility index (Phi) is 5.41. The highest BCUT2D eigenvalue weighted by Crippen LogP contribution is 2.21. The van der Waals surface area contributed by atoms with E-state index in [-0.39, 0.29) is 17.8 Å². The lowest BCUT2D eigenvalue weighted by atomic mass is 10.2. The molecule has 2 N–H and O–H groups in total. The van der Waals surface area contributed by atoms with Gasteiger partial charge >= 0.3 is 0 Å². The van der Waals surface area contributed by atoms with E-state index >= 15 is 0 Å². The smallest absolute Gasteiger partial charge is 0.257 e. The first kappa shape index (κ1) is 15.6. The SMILES string of the molecule is CCCNC(C)c1csc(NC(=O)c2ccc(F)cc2)n1. The lowest BCUT2D eigenvalue weighted by Crippen LogP contribution is -2.19. The number of halogens is 1. The van der Waals surface area contributed by atoms with Crippen LogP contribution in [-0.4, -0.2) is 17.4 Å². The fraction of sp³-hybridized carbons (Fsp3) is 0.333. The van der Waals surface area contributed by atoms with E-state index in [9.17, 15) is 9.18 Å². The van der Waals surface area contributed by atoms with E-state index < -0.39 is 0 Å². The predicted octanol–water partition coefficient (Wildman–Crippen LogP) is 3.60. The van der Waals surface area contributed by atoms with Gasteiger partial charge in [0.15, 0.2) is 5.13 Å². The summed E-state index contributed by atoms with van der Waals surface area (Å²) in [6.45, 7) is 5.07. The van der Waals surface area contributed by atoms with E-state index in [0.717, 1.165) is 18.7 Å². The maximum atomic E-state index is 12.8. The number of carbonyl (C=O) groups is 1. The number of thiazole rings is 1. The molecule has 6 heteroatoms. The maximum Gasteiger partial charge on any atom is 0.257 e. The normalized spacial score (nSPS) is 12.1. The predicted molar refractivity (Wildman–Crippen MR) is 83.2 cm³/mol. The fourth-order valence-electron chi connectivity index (χ4n) is 1.78. The summed E-state index contributed by atoms with van der Waals surface area (Å²) in [6.07, 6.45) is 1.06. The highest BCUT2D eigenvalue weighted by molar-refractivity contribution is 7.14.